The number of alkyl halides is 2. The van der Waals surface area contributed by atoms with E-state index in [0.717, 1.165) is 0 Å². The van der Waals surface area contributed by atoms with Gasteiger partial charge in [0.15, 0.2) is 4.84 Å². The van der Waals surface area contributed by atoms with E-state index in [4.69, 9.17) is 23.2 Å². The summed E-state index contributed by atoms with van der Waals surface area (Å²) in [6.45, 7) is 1.17. The smallest absolute Gasteiger partial charge is 0.254 e. The number of piperidine rings is 1. The maximum atomic E-state index is 12.4. The van der Waals surface area contributed by atoms with E-state index in [2.05, 4.69) is 17.9 Å². The van der Waals surface area contributed by atoms with E-state index in [9.17, 15) is 9.59 Å². The van der Waals surface area contributed by atoms with Crippen LogP contribution in [0.2, 0.25) is 0 Å². The van der Waals surface area contributed by atoms with Crippen LogP contribution < -0.4 is 5.32 Å². The molecular weight excluding hydrogens is 331 g/mol. The molecule has 0 aromatic heterocycles. The number of hydrogen-bond donors (Lipinski definition) is 2. The Kier molecular flexibility index (Phi) is 5.79. The van der Waals surface area contributed by atoms with Crippen molar-refractivity contribution in [2.45, 2.75) is 28.6 Å². The van der Waals surface area contributed by atoms with Gasteiger partial charge in [0.05, 0.1) is 5.56 Å². The van der Waals surface area contributed by atoms with Crippen LogP contribution in [-0.4, -0.2) is 40.7 Å². The van der Waals surface area contributed by atoms with E-state index >= 15 is 0 Å². The molecule has 7 heteroatoms. The summed E-state index contributed by atoms with van der Waals surface area (Å²) in [5.74, 6) is -0.415. The minimum Gasteiger partial charge on any atom is -0.351 e. The van der Waals surface area contributed by atoms with Gasteiger partial charge in [-0.3, -0.25) is 9.59 Å². The minimum atomic E-state index is -1.05. The number of likely N-dealkylation sites (tertiary alicyclic amines) is 1. The fraction of sp³-hybridized carbons (Fsp3) is 0.429. The number of carbonyl (C=O) groups excluding carboxylic acids is 2. The van der Waals surface area contributed by atoms with Crippen LogP contribution in [0.1, 0.15) is 23.2 Å². The lowest BCUT2D eigenvalue weighted by atomic mass is 10.0. The number of carbonyl (C=O) groups is 2. The van der Waals surface area contributed by atoms with Gasteiger partial charge in [0, 0.05) is 24.0 Å². The first-order valence-corrected chi connectivity index (χ1v) is 7.97. The van der Waals surface area contributed by atoms with E-state index in [1.54, 1.807) is 17.0 Å². The fourth-order valence-electron chi connectivity index (χ4n) is 2.32. The predicted molar refractivity (Wildman–Crippen MR) is 86.3 cm³/mol. The van der Waals surface area contributed by atoms with Crippen molar-refractivity contribution in [2.75, 3.05) is 13.1 Å². The van der Waals surface area contributed by atoms with E-state index < -0.39 is 4.84 Å². The molecule has 2 rings (SSSR count). The topological polar surface area (TPSA) is 49.4 Å². The molecule has 1 fully saturated rings. The molecular formula is C14H16Cl2N2O2S. The Morgan fingerprint density at radius 3 is 2.43 bits per heavy atom. The van der Waals surface area contributed by atoms with Gasteiger partial charge in [0.1, 0.15) is 0 Å². The van der Waals surface area contributed by atoms with Gasteiger partial charge in [0.2, 0.25) is 0 Å². The summed E-state index contributed by atoms with van der Waals surface area (Å²) in [4.78, 5) is 25.2. The zero-order valence-electron chi connectivity index (χ0n) is 11.3. The Morgan fingerprint density at radius 1 is 1.24 bits per heavy atom. The van der Waals surface area contributed by atoms with Gasteiger partial charge in [0.25, 0.3) is 11.8 Å². The molecule has 1 aliphatic rings. The van der Waals surface area contributed by atoms with Crippen molar-refractivity contribution in [3.63, 3.8) is 0 Å². The van der Waals surface area contributed by atoms with Crippen molar-refractivity contribution < 1.29 is 9.59 Å². The van der Waals surface area contributed by atoms with E-state index in [-0.39, 0.29) is 17.9 Å². The SMILES string of the molecule is O=C(NC1CCN(C(=O)c2ccccc2S)CC1)C(Cl)Cl. The molecule has 0 radical (unpaired) electrons. The minimum absolute atomic E-state index is 0.00722. The molecule has 1 N–H and O–H groups in total. The van der Waals surface area contributed by atoms with Crippen molar-refractivity contribution in [3.8, 4) is 0 Å². The third kappa shape index (κ3) is 4.28. The number of nitrogens with zero attached hydrogens (tertiary/aromatic N) is 1. The highest BCUT2D eigenvalue weighted by molar-refractivity contribution is 7.80. The second kappa shape index (κ2) is 7.38. The second-order valence-corrected chi connectivity index (χ2v) is 6.47. The summed E-state index contributed by atoms with van der Waals surface area (Å²) in [7, 11) is 0. The van der Waals surface area contributed by atoms with Crippen molar-refractivity contribution in [1.82, 2.24) is 10.2 Å². The molecule has 1 aromatic rings. The van der Waals surface area contributed by atoms with E-state index in [1.807, 2.05) is 12.1 Å². The van der Waals surface area contributed by atoms with Crippen molar-refractivity contribution >= 4 is 47.6 Å². The number of rotatable bonds is 3. The van der Waals surface area contributed by atoms with Crippen LogP contribution in [0.25, 0.3) is 0 Å². The summed E-state index contributed by atoms with van der Waals surface area (Å²) in [5.41, 5.74) is 0.602. The van der Waals surface area contributed by atoms with E-state index in [1.165, 1.54) is 0 Å². The predicted octanol–water partition coefficient (Wildman–Crippen LogP) is 2.50. The lowest BCUT2D eigenvalue weighted by molar-refractivity contribution is -0.120. The molecule has 1 aromatic carbocycles. The number of amides is 2. The Labute approximate surface area is 139 Å². The Bertz CT molecular complexity index is 531. The van der Waals surface area contributed by atoms with Gasteiger partial charge in [-0.15, -0.1) is 12.6 Å². The molecule has 114 valence electrons. The van der Waals surface area contributed by atoms with Crippen LogP contribution in [0.5, 0.6) is 0 Å². The van der Waals surface area contributed by atoms with Gasteiger partial charge in [-0.1, -0.05) is 35.3 Å². The van der Waals surface area contributed by atoms with Crippen molar-refractivity contribution in [2.24, 2.45) is 0 Å². The van der Waals surface area contributed by atoms with Crippen LogP contribution in [0.3, 0.4) is 0 Å². The molecule has 2 amide bonds. The van der Waals surface area contributed by atoms with Crippen LogP contribution in [0.15, 0.2) is 29.2 Å². The van der Waals surface area contributed by atoms with Gasteiger partial charge in [-0.05, 0) is 25.0 Å². The average Bonchev–Trinajstić information content (AvgIpc) is 2.47. The molecule has 0 aliphatic carbocycles. The highest BCUT2D eigenvalue weighted by Gasteiger charge is 2.26. The van der Waals surface area contributed by atoms with Crippen LogP contribution in [-0.2, 0) is 4.79 Å². The molecule has 0 saturated carbocycles. The zero-order chi connectivity index (χ0) is 15.4. The maximum absolute atomic E-state index is 12.4. The van der Waals surface area contributed by atoms with Gasteiger partial charge in [-0.2, -0.15) is 0 Å². The fourth-order valence-corrected chi connectivity index (χ4v) is 2.70. The standard InChI is InChI=1S/C14H16Cl2N2O2S/c15-12(16)13(19)17-9-5-7-18(8-6-9)14(20)10-3-1-2-4-11(10)21/h1-4,9,12,21H,5-8H2,(H,17,19). The summed E-state index contributed by atoms with van der Waals surface area (Å²) in [6.07, 6.45) is 1.37. The molecule has 0 unspecified atom stereocenters. The Balaban J connectivity index is 1.91. The van der Waals surface area contributed by atoms with Crippen LogP contribution >= 0.6 is 35.8 Å². The van der Waals surface area contributed by atoms with Gasteiger partial charge in [-0.25, -0.2) is 0 Å². The first-order chi connectivity index (χ1) is 9.99. The second-order valence-electron chi connectivity index (χ2n) is 4.89. The molecule has 0 bridgehead atoms. The Morgan fingerprint density at radius 2 is 1.86 bits per heavy atom. The lowest BCUT2D eigenvalue weighted by Crippen LogP contribution is -2.47. The largest absolute Gasteiger partial charge is 0.351 e. The van der Waals surface area contributed by atoms with Crippen LogP contribution in [0, 0.1) is 0 Å². The summed E-state index contributed by atoms with van der Waals surface area (Å²) in [5, 5.41) is 2.77. The van der Waals surface area contributed by atoms with Crippen LogP contribution in [0.4, 0.5) is 0 Å². The molecule has 0 spiro atoms. The molecule has 1 heterocycles. The molecule has 0 atom stereocenters. The average molecular weight is 347 g/mol. The number of nitrogens with one attached hydrogen (secondary N) is 1. The monoisotopic (exact) mass is 346 g/mol. The highest BCUT2D eigenvalue weighted by atomic mass is 35.5. The first-order valence-electron chi connectivity index (χ1n) is 6.65. The maximum Gasteiger partial charge on any atom is 0.254 e. The zero-order valence-corrected chi connectivity index (χ0v) is 13.7. The Hall–Kier alpha value is -0.910. The first kappa shape index (κ1) is 16.5. The number of thiol groups is 1. The van der Waals surface area contributed by atoms with E-state index in [0.29, 0.717) is 36.4 Å². The summed E-state index contributed by atoms with van der Waals surface area (Å²) in [6, 6.07) is 7.23. The number of halogens is 2. The lowest BCUT2D eigenvalue weighted by Gasteiger charge is -2.32. The van der Waals surface area contributed by atoms with Gasteiger partial charge >= 0.3 is 0 Å². The quantitative estimate of drug-likeness (QED) is 0.652. The molecule has 1 aliphatic heterocycles. The number of benzene rings is 1. The third-order valence-corrected chi connectivity index (χ3v) is 4.25. The van der Waals surface area contributed by atoms with Gasteiger partial charge < -0.3 is 10.2 Å². The van der Waals surface area contributed by atoms with Crippen molar-refractivity contribution in [1.29, 1.82) is 0 Å². The third-order valence-electron chi connectivity index (χ3n) is 3.46. The highest BCUT2D eigenvalue weighted by Crippen LogP contribution is 2.19. The van der Waals surface area contributed by atoms with Crippen molar-refractivity contribution in [3.05, 3.63) is 29.8 Å². The molecule has 21 heavy (non-hydrogen) atoms. The normalized spacial score (nSPS) is 16.1. The summed E-state index contributed by atoms with van der Waals surface area (Å²) < 4.78 is 0. The number of hydrogen-bond acceptors (Lipinski definition) is 3. The molecule has 4 nitrogen and oxygen atoms in total. The molecule has 1 saturated heterocycles. The summed E-state index contributed by atoms with van der Waals surface area (Å²) >= 11 is 15.3.